The van der Waals surface area contributed by atoms with Gasteiger partial charge in [-0.3, -0.25) is 9.59 Å². The first-order chi connectivity index (χ1) is 15.0. The molecule has 174 valence electrons. The van der Waals surface area contributed by atoms with Crippen molar-refractivity contribution in [2.24, 2.45) is 0 Å². The van der Waals surface area contributed by atoms with E-state index in [0.29, 0.717) is 21.7 Å². The average molecular weight is 544 g/mol. The minimum absolute atomic E-state index is 0.0430. The number of carbonyl (C=O) groups excluding carboxylic acids is 2. The quantitative estimate of drug-likeness (QED) is 0.409. The molecule has 1 atom stereocenters. The van der Waals surface area contributed by atoms with Gasteiger partial charge < -0.3 is 15.0 Å². The molecule has 8 heteroatoms. The Kier molecular flexibility index (Phi) is 9.86. The maximum Gasteiger partial charge on any atom is 0.261 e. The molecule has 0 fully saturated rings. The third-order valence-electron chi connectivity index (χ3n) is 4.91. The molecule has 0 aliphatic carbocycles. The van der Waals surface area contributed by atoms with E-state index in [0.717, 1.165) is 15.6 Å². The first-order valence-electron chi connectivity index (χ1n) is 10.5. The van der Waals surface area contributed by atoms with Gasteiger partial charge in [0, 0.05) is 12.6 Å². The smallest absolute Gasteiger partial charge is 0.261 e. The zero-order valence-electron chi connectivity index (χ0n) is 18.9. The molecule has 0 heterocycles. The molecule has 0 spiro atoms. The Bertz CT molecular complexity index is 966. The Labute approximate surface area is 208 Å². The number of halogens is 3. The molecule has 0 saturated carbocycles. The van der Waals surface area contributed by atoms with Crippen molar-refractivity contribution in [1.29, 1.82) is 0 Å². The molecular weight excluding hydrogens is 515 g/mol. The summed E-state index contributed by atoms with van der Waals surface area (Å²) in [6, 6.07) is 10.2. The predicted octanol–water partition coefficient (Wildman–Crippen LogP) is 6.20. The van der Waals surface area contributed by atoms with Crippen molar-refractivity contribution in [2.45, 2.75) is 59.2 Å². The molecule has 5 nitrogen and oxygen atoms in total. The number of hydrogen-bond acceptors (Lipinski definition) is 3. The van der Waals surface area contributed by atoms with E-state index >= 15 is 0 Å². The van der Waals surface area contributed by atoms with Crippen molar-refractivity contribution in [2.75, 3.05) is 6.61 Å². The van der Waals surface area contributed by atoms with Crippen molar-refractivity contribution in [3.8, 4) is 5.75 Å². The summed E-state index contributed by atoms with van der Waals surface area (Å²) in [5.41, 5.74) is 1.93. The summed E-state index contributed by atoms with van der Waals surface area (Å²) >= 11 is 15.7. The lowest BCUT2D eigenvalue weighted by atomic mass is 10.0. The van der Waals surface area contributed by atoms with Crippen LogP contribution in [0.1, 0.15) is 51.7 Å². The summed E-state index contributed by atoms with van der Waals surface area (Å²) in [6.07, 6.45) is 0. The van der Waals surface area contributed by atoms with E-state index in [9.17, 15) is 9.59 Å². The number of carbonyl (C=O) groups is 2. The fraction of sp³-hybridized carbons (Fsp3) is 0.417. The summed E-state index contributed by atoms with van der Waals surface area (Å²) in [5, 5.41) is 3.67. The van der Waals surface area contributed by atoms with Crippen LogP contribution in [0.3, 0.4) is 0 Å². The normalized spacial score (nSPS) is 12.1. The Morgan fingerprint density at radius 3 is 2.28 bits per heavy atom. The third-order valence-corrected chi connectivity index (χ3v) is 6.27. The Morgan fingerprint density at radius 1 is 1.03 bits per heavy atom. The zero-order chi connectivity index (χ0) is 24.0. The lowest BCUT2D eigenvalue weighted by Gasteiger charge is -2.29. The second-order valence-electron chi connectivity index (χ2n) is 8.24. The van der Waals surface area contributed by atoms with E-state index in [4.69, 9.17) is 27.9 Å². The molecule has 0 aliphatic heterocycles. The van der Waals surface area contributed by atoms with Gasteiger partial charge in [0.25, 0.3) is 5.91 Å². The number of hydrogen-bond donors (Lipinski definition) is 1. The average Bonchev–Trinajstić information content (AvgIpc) is 2.72. The van der Waals surface area contributed by atoms with Gasteiger partial charge in [0.1, 0.15) is 11.8 Å². The van der Waals surface area contributed by atoms with Crippen molar-refractivity contribution in [3.63, 3.8) is 0 Å². The Balaban J connectivity index is 2.20. The largest absolute Gasteiger partial charge is 0.483 e. The fourth-order valence-corrected chi connectivity index (χ4v) is 3.87. The number of rotatable bonds is 9. The highest BCUT2D eigenvalue weighted by Crippen LogP contribution is 2.29. The van der Waals surface area contributed by atoms with Crippen molar-refractivity contribution >= 4 is 50.9 Å². The van der Waals surface area contributed by atoms with Crippen LogP contribution in [0.25, 0.3) is 0 Å². The van der Waals surface area contributed by atoms with Crippen molar-refractivity contribution in [1.82, 2.24) is 10.2 Å². The van der Waals surface area contributed by atoms with E-state index in [-0.39, 0.29) is 31.0 Å². The molecule has 0 bridgehead atoms. The van der Waals surface area contributed by atoms with Crippen LogP contribution in [0.4, 0.5) is 0 Å². The maximum absolute atomic E-state index is 13.1. The fourth-order valence-electron chi connectivity index (χ4n) is 3.04. The molecule has 2 rings (SSSR count). The minimum atomic E-state index is -0.699. The standard InChI is InChI=1S/C24H29BrCl2N2O3/c1-14(2)18-7-9-22(19(25)11-18)32-13-23(30)29(16(5)24(31)28-15(3)4)12-17-6-8-20(26)21(27)10-17/h6-11,14-16H,12-13H2,1-5H3,(H,28,31)/t16-/m1/s1. The van der Waals surface area contributed by atoms with E-state index in [1.165, 1.54) is 4.90 Å². The molecule has 0 aliphatic rings. The topological polar surface area (TPSA) is 58.6 Å². The second-order valence-corrected chi connectivity index (χ2v) is 9.91. The first kappa shape index (κ1) is 26.5. The lowest BCUT2D eigenvalue weighted by molar-refractivity contribution is -0.142. The van der Waals surface area contributed by atoms with Crippen molar-refractivity contribution in [3.05, 3.63) is 62.0 Å². The molecule has 2 aromatic carbocycles. The minimum Gasteiger partial charge on any atom is -0.483 e. The second kappa shape index (κ2) is 11.9. The molecule has 0 radical (unpaired) electrons. The van der Waals surface area contributed by atoms with Gasteiger partial charge in [-0.05, 0) is 78.0 Å². The van der Waals surface area contributed by atoms with Crippen LogP contribution < -0.4 is 10.1 Å². The van der Waals surface area contributed by atoms with Gasteiger partial charge in [0.2, 0.25) is 5.91 Å². The van der Waals surface area contributed by atoms with Crippen LogP contribution in [0.2, 0.25) is 10.0 Å². The highest BCUT2D eigenvalue weighted by molar-refractivity contribution is 9.10. The van der Waals surface area contributed by atoms with Gasteiger partial charge in [-0.25, -0.2) is 0 Å². The SMILES string of the molecule is CC(C)NC(=O)[C@@H](C)N(Cc1ccc(Cl)c(Cl)c1)C(=O)COc1ccc(C(C)C)cc1Br. The maximum atomic E-state index is 13.1. The third kappa shape index (κ3) is 7.39. The van der Waals surface area contributed by atoms with E-state index < -0.39 is 6.04 Å². The van der Waals surface area contributed by atoms with E-state index in [1.807, 2.05) is 32.0 Å². The zero-order valence-corrected chi connectivity index (χ0v) is 22.0. The van der Waals surface area contributed by atoms with Crippen LogP contribution >= 0.6 is 39.1 Å². The molecular formula is C24H29BrCl2N2O3. The van der Waals surface area contributed by atoms with Gasteiger partial charge in [-0.2, -0.15) is 0 Å². The van der Waals surface area contributed by atoms with Crippen LogP contribution in [0.5, 0.6) is 5.75 Å². The van der Waals surface area contributed by atoms with Crippen LogP contribution in [-0.4, -0.2) is 35.4 Å². The number of benzene rings is 2. The van der Waals surface area contributed by atoms with Crippen LogP contribution in [-0.2, 0) is 16.1 Å². The number of nitrogens with one attached hydrogen (secondary N) is 1. The monoisotopic (exact) mass is 542 g/mol. The first-order valence-corrected chi connectivity index (χ1v) is 12.0. The van der Waals surface area contributed by atoms with E-state index in [2.05, 4.69) is 35.1 Å². The number of ether oxygens (including phenoxy) is 1. The highest BCUT2D eigenvalue weighted by atomic mass is 79.9. The molecule has 0 unspecified atom stereocenters. The molecule has 0 saturated heterocycles. The summed E-state index contributed by atoms with van der Waals surface area (Å²) < 4.78 is 6.56. The highest BCUT2D eigenvalue weighted by Gasteiger charge is 2.27. The summed E-state index contributed by atoms with van der Waals surface area (Å²) in [7, 11) is 0. The Hall–Kier alpha value is -1.76. The summed E-state index contributed by atoms with van der Waals surface area (Å²) in [6.45, 7) is 9.64. The molecule has 2 amide bonds. The molecule has 32 heavy (non-hydrogen) atoms. The molecule has 2 aromatic rings. The van der Waals surface area contributed by atoms with Gasteiger partial charge >= 0.3 is 0 Å². The molecule has 1 N–H and O–H groups in total. The Morgan fingerprint density at radius 2 is 1.72 bits per heavy atom. The lowest BCUT2D eigenvalue weighted by Crippen LogP contribution is -2.50. The number of nitrogens with zero attached hydrogens (tertiary/aromatic N) is 1. The summed E-state index contributed by atoms with van der Waals surface area (Å²) in [5.74, 6) is 0.388. The van der Waals surface area contributed by atoms with Gasteiger partial charge in [-0.15, -0.1) is 0 Å². The summed E-state index contributed by atoms with van der Waals surface area (Å²) in [4.78, 5) is 27.3. The molecule has 0 aromatic heterocycles. The van der Waals surface area contributed by atoms with Gasteiger partial charge in [0.05, 0.1) is 14.5 Å². The van der Waals surface area contributed by atoms with E-state index in [1.54, 1.807) is 25.1 Å². The van der Waals surface area contributed by atoms with Crippen molar-refractivity contribution < 1.29 is 14.3 Å². The predicted molar refractivity (Wildman–Crippen MR) is 133 cm³/mol. The number of amides is 2. The van der Waals surface area contributed by atoms with Crippen LogP contribution in [0.15, 0.2) is 40.9 Å². The van der Waals surface area contributed by atoms with Gasteiger partial charge in [0.15, 0.2) is 6.61 Å². The van der Waals surface area contributed by atoms with Gasteiger partial charge in [-0.1, -0.05) is 49.2 Å². The van der Waals surface area contributed by atoms with Crippen LogP contribution in [0, 0.1) is 0 Å².